The number of aliphatic hydroxyl groups excluding tert-OH is 1. The lowest BCUT2D eigenvalue weighted by Crippen LogP contribution is -2.41. The Labute approximate surface area is 124 Å². The number of aliphatic hydroxyl groups is 1. The zero-order chi connectivity index (χ0) is 14.7. The van der Waals surface area contributed by atoms with E-state index in [0.717, 1.165) is 25.7 Å². The van der Waals surface area contributed by atoms with Crippen LogP contribution in [0.3, 0.4) is 0 Å². The van der Waals surface area contributed by atoms with E-state index in [1.165, 1.54) is 6.42 Å². The molecule has 0 saturated heterocycles. The van der Waals surface area contributed by atoms with Crippen LogP contribution in [0.25, 0.3) is 0 Å². The van der Waals surface area contributed by atoms with Gasteiger partial charge in [0.1, 0.15) is 0 Å². The van der Waals surface area contributed by atoms with E-state index < -0.39 is 0 Å². The van der Waals surface area contributed by atoms with Crippen LogP contribution < -0.4 is 14.8 Å². The number of amides is 1. The molecule has 1 fully saturated rings. The number of fused-ring (bicyclic) bond motifs is 1. The second-order valence-corrected chi connectivity index (χ2v) is 5.97. The lowest BCUT2D eigenvalue weighted by molar-refractivity contribution is 0.0718. The molecule has 1 aliphatic heterocycles. The molecule has 5 heteroatoms. The predicted octanol–water partition coefficient (Wildman–Crippen LogP) is 2.09. The maximum atomic E-state index is 12.3. The minimum atomic E-state index is -0.149. The van der Waals surface area contributed by atoms with Gasteiger partial charge in [0.25, 0.3) is 5.91 Å². The van der Waals surface area contributed by atoms with Crippen molar-refractivity contribution in [1.82, 2.24) is 5.32 Å². The van der Waals surface area contributed by atoms with E-state index in [4.69, 9.17) is 9.47 Å². The molecular weight excluding hydrogens is 270 g/mol. The number of ether oxygens (including phenoxy) is 2. The van der Waals surface area contributed by atoms with Crippen LogP contribution in [0.15, 0.2) is 18.2 Å². The zero-order valence-electron chi connectivity index (χ0n) is 12.1. The minimum absolute atomic E-state index is 0.133. The van der Waals surface area contributed by atoms with Crippen LogP contribution >= 0.6 is 0 Å². The molecule has 1 aromatic carbocycles. The molecule has 3 rings (SSSR count). The van der Waals surface area contributed by atoms with Gasteiger partial charge in [0, 0.05) is 17.5 Å². The van der Waals surface area contributed by atoms with Crippen molar-refractivity contribution in [3.8, 4) is 11.5 Å². The van der Waals surface area contributed by atoms with Gasteiger partial charge >= 0.3 is 0 Å². The fraction of sp³-hybridized carbons (Fsp3) is 0.562. The zero-order valence-corrected chi connectivity index (χ0v) is 12.1. The van der Waals surface area contributed by atoms with Crippen molar-refractivity contribution in [2.45, 2.75) is 32.1 Å². The molecule has 0 bridgehead atoms. The molecule has 0 atom stereocenters. The first-order valence-electron chi connectivity index (χ1n) is 7.51. The molecule has 1 amide bonds. The Hall–Kier alpha value is -1.75. The molecule has 1 heterocycles. The van der Waals surface area contributed by atoms with E-state index in [9.17, 15) is 9.90 Å². The van der Waals surface area contributed by atoms with Crippen molar-refractivity contribution in [2.24, 2.45) is 5.41 Å². The maximum absolute atomic E-state index is 12.3. The van der Waals surface area contributed by atoms with E-state index >= 15 is 0 Å². The number of benzene rings is 1. The standard InChI is InChI=1S/C16H21NO4/c18-10-16(6-2-1-3-7-16)9-17-15(19)12-4-5-13-14(8-12)21-11-20-13/h4-5,8,18H,1-3,6-7,9-11H2,(H,17,19). The molecular formula is C16H21NO4. The Balaban J connectivity index is 1.63. The fourth-order valence-corrected chi connectivity index (χ4v) is 3.10. The fourth-order valence-electron chi connectivity index (χ4n) is 3.10. The third kappa shape index (κ3) is 2.97. The van der Waals surface area contributed by atoms with Crippen LogP contribution in [0.2, 0.25) is 0 Å². The summed E-state index contributed by atoms with van der Waals surface area (Å²) in [7, 11) is 0. The summed E-state index contributed by atoms with van der Waals surface area (Å²) in [6.45, 7) is 0.860. The number of hydrogen-bond acceptors (Lipinski definition) is 4. The van der Waals surface area contributed by atoms with Crippen LogP contribution in [0.4, 0.5) is 0 Å². The van der Waals surface area contributed by atoms with Gasteiger partial charge in [-0.1, -0.05) is 19.3 Å². The smallest absolute Gasteiger partial charge is 0.251 e. The monoisotopic (exact) mass is 291 g/mol. The van der Waals surface area contributed by atoms with E-state index in [1.54, 1.807) is 18.2 Å². The Bertz CT molecular complexity index is 523. The number of carbonyl (C=O) groups is 1. The average Bonchev–Trinajstić information content (AvgIpc) is 3.01. The molecule has 0 radical (unpaired) electrons. The predicted molar refractivity (Wildman–Crippen MR) is 77.5 cm³/mol. The molecule has 0 spiro atoms. The Morgan fingerprint density at radius 2 is 1.95 bits per heavy atom. The second-order valence-electron chi connectivity index (χ2n) is 5.97. The summed E-state index contributed by atoms with van der Waals surface area (Å²) >= 11 is 0. The lowest BCUT2D eigenvalue weighted by Gasteiger charge is -2.35. The highest BCUT2D eigenvalue weighted by atomic mass is 16.7. The summed E-state index contributed by atoms with van der Waals surface area (Å²) < 4.78 is 10.5. The summed E-state index contributed by atoms with van der Waals surface area (Å²) in [4.78, 5) is 12.3. The van der Waals surface area contributed by atoms with Crippen molar-refractivity contribution in [3.63, 3.8) is 0 Å². The summed E-state index contributed by atoms with van der Waals surface area (Å²) in [6.07, 6.45) is 5.43. The average molecular weight is 291 g/mol. The first-order chi connectivity index (χ1) is 10.2. The molecule has 0 unspecified atom stereocenters. The third-order valence-electron chi connectivity index (χ3n) is 4.51. The highest BCUT2D eigenvalue weighted by molar-refractivity contribution is 5.94. The van der Waals surface area contributed by atoms with Crippen LogP contribution in [-0.2, 0) is 0 Å². The topological polar surface area (TPSA) is 67.8 Å². The van der Waals surface area contributed by atoms with Gasteiger partial charge in [-0.15, -0.1) is 0 Å². The lowest BCUT2D eigenvalue weighted by atomic mass is 9.74. The van der Waals surface area contributed by atoms with Crippen LogP contribution in [0, 0.1) is 5.41 Å². The molecule has 2 N–H and O–H groups in total. The molecule has 1 aliphatic carbocycles. The number of rotatable bonds is 4. The Morgan fingerprint density at radius 1 is 1.19 bits per heavy atom. The highest BCUT2D eigenvalue weighted by Gasteiger charge is 2.31. The number of hydrogen-bond donors (Lipinski definition) is 2. The number of nitrogens with one attached hydrogen (secondary N) is 1. The Morgan fingerprint density at radius 3 is 2.71 bits per heavy atom. The number of carbonyl (C=O) groups excluding carboxylic acids is 1. The normalized spacial score (nSPS) is 19.3. The first kappa shape index (κ1) is 14.2. The largest absolute Gasteiger partial charge is 0.454 e. The van der Waals surface area contributed by atoms with E-state index in [-0.39, 0.29) is 24.7 Å². The van der Waals surface area contributed by atoms with Crippen molar-refractivity contribution < 1.29 is 19.4 Å². The van der Waals surface area contributed by atoms with Gasteiger partial charge in [0.05, 0.1) is 6.61 Å². The molecule has 5 nitrogen and oxygen atoms in total. The van der Waals surface area contributed by atoms with E-state index in [1.807, 2.05) is 0 Å². The molecule has 21 heavy (non-hydrogen) atoms. The minimum Gasteiger partial charge on any atom is -0.454 e. The van der Waals surface area contributed by atoms with Gasteiger partial charge in [0.2, 0.25) is 6.79 Å². The maximum Gasteiger partial charge on any atom is 0.251 e. The quantitative estimate of drug-likeness (QED) is 0.891. The van der Waals surface area contributed by atoms with Crippen LogP contribution in [-0.4, -0.2) is 31.0 Å². The SMILES string of the molecule is O=C(NCC1(CO)CCCCC1)c1ccc2c(c1)OCO2. The molecule has 2 aliphatic rings. The van der Waals surface area contributed by atoms with Gasteiger partial charge in [-0.25, -0.2) is 0 Å². The van der Waals surface area contributed by atoms with Gasteiger partial charge < -0.3 is 19.9 Å². The van der Waals surface area contributed by atoms with Gasteiger partial charge in [-0.2, -0.15) is 0 Å². The van der Waals surface area contributed by atoms with Crippen molar-refractivity contribution in [1.29, 1.82) is 0 Å². The first-order valence-corrected chi connectivity index (χ1v) is 7.51. The van der Waals surface area contributed by atoms with Crippen LogP contribution in [0.1, 0.15) is 42.5 Å². The summed E-state index contributed by atoms with van der Waals surface area (Å²) in [5.41, 5.74) is 0.410. The summed E-state index contributed by atoms with van der Waals surface area (Å²) in [5, 5.41) is 12.6. The van der Waals surface area contributed by atoms with Gasteiger partial charge in [-0.05, 0) is 31.0 Å². The van der Waals surface area contributed by atoms with Crippen LogP contribution in [0.5, 0.6) is 11.5 Å². The molecule has 0 aromatic heterocycles. The van der Waals surface area contributed by atoms with Crippen molar-refractivity contribution in [2.75, 3.05) is 19.9 Å². The summed E-state index contributed by atoms with van der Waals surface area (Å²) in [5.74, 6) is 1.15. The van der Waals surface area contributed by atoms with E-state index in [0.29, 0.717) is 23.6 Å². The van der Waals surface area contributed by atoms with Crippen molar-refractivity contribution in [3.05, 3.63) is 23.8 Å². The Kier molecular flexibility index (Phi) is 4.01. The van der Waals surface area contributed by atoms with Gasteiger partial charge in [0.15, 0.2) is 11.5 Å². The van der Waals surface area contributed by atoms with Gasteiger partial charge in [-0.3, -0.25) is 4.79 Å². The van der Waals surface area contributed by atoms with Crippen molar-refractivity contribution >= 4 is 5.91 Å². The highest BCUT2D eigenvalue weighted by Crippen LogP contribution is 2.35. The molecule has 1 saturated carbocycles. The molecule has 1 aromatic rings. The second kappa shape index (κ2) is 5.93. The summed E-state index contributed by atoms with van der Waals surface area (Å²) in [6, 6.07) is 5.18. The third-order valence-corrected chi connectivity index (χ3v) is 4.51. The van der Waals surface area contributed by atoms with E-state index in [2.05, 4.69) is 5.32 Å². The molecule has 114 valence electrons.